The zero-order chi connectivity index (χ0) is 22.9. The van der Waals surface area contributed by atoms with E-state index in [4.69, 9.17) is 9.47 Å². The van der Waals surface area contributed by atoms with Crippen LogP contribution in [0.4, 0.5) is 0 Å². The summed E-state index contributed by atoms with van der Waals surface area (Å²) in [6, 6.07) is 7.80. The van der Waals surface area contributed by atoms with Gasteiger partial charge in [0.1, 0.15) is 18.1 Å². The highest BCUT2D eigenvalue weighted by molar-refractivity contribution is 7.99. The molecule has 0 unspecified atom stereocenters. The third-order valence-electron chi connectivity index (χ3n) is 5.40. The fourth-order valence-electron chi connectivity index (χ4n) is 3.67. The van der Waals surface area contributed by atoms with Gasteiger partial charge in [0.05, 0.1) is 23.9 Å². The number of amides is 1. The molecule has 0 bridgehead atoms. The molecule has 7 nitrogen and oxygen atoms in total. The van der Waals surface area contributed by atoms with Crippen molar-refractivity contribution in [2.45, 2.75) is 31.0 Å². The molecule has 33 heavy (non-hydrogen) atoms. The van der Waals surface area contributed by atoms with Crippen molar-refractivity contribution in [1.29, 1.82) is 0 Å². The summed E-state index contributed by atoms with van der Waals surface area (Å²) in [6.45, 7) is 4.40. The summed E-state index contributed by atoms with van der Waals surface area (Å²) >= 11 is 3.14. The summed E-state index contributed by atoms with van der Waals surface area (Å²) in [5.41, 5.74) is 1.75. The lowest BCUT2D eigenvalue weighted by molar-refractivity contribution is -0.118. The third-order valence-corrected chi connectivity index (χ3v) is 7.17. The number of hydrogen-bond donors (Lipinski definition) is 2. The highest BCUT2D eigenvalue weighted by Crippen LogP contribution is 2.24. The number of thioether (sulfide) groups is 1. The van der Waals surface area contributed by atoms with Crippen LogP contribution in [0.5, 0.6) is 11.5 Å². The molecule has 2 aromatic heterocycles. The number of aromatic amines is 1. The summed E-state index contributed by atoms with van der Waals surface area (Å²) < 4.78 is 11.0. The van der Waals surface area contributed by atoms with Gasteiger partial charge >= 0.3 is 0 Å². The Balaban J connectivity index is 1.11. The van der Waals surface area contributed by atoms with E-state index in [-0.39, 0.29) is 5.91 Å². The topological polar surface area (TPSA) is 79.5 Å². The Morgan fingerprint density at radius 3 is 2.97 bits per heavy atom. The molecule has 0 aliphatic carbocycles. The average Bonchev–Trinajstić information content (AvgIpc) is 3.46. The van der Waals surface area contributed by atoms with Crippen LogP contribution < -0.4 is 14.8 Å². The smallest absolute Gasteiger partial charge is 0.230 e. The number of likely N-dealkylation sites (tertiary alicyclic amines) is 1. The molecule has 4 rings (SSSR count). The molecule has 1 aromatic carbocycles. The number of carbonyl (C=O) groups is 1. The van der Waals surface area contributed by atoms with Gasteiger partial charge in [0.2, 0.25) is 5.91 Å². The van der Waals surface area contributed by atoms with E-state index in [0.29, 0.717) is 24.1 Å². The maximum Gasteiger partial charge on any atom is 0.230 e. The number of rotatable bonds is 11. The number of fused-ring (bicyclic) bond motifs is 1. The van der Waals surface area contributed by atoms with E-state index >= 15 is 0 Å². The molecule has 9 heteroatoms. The van der Waals surface area contributed by atoms with Crippen LogP contribution in [0.15, 0.2) is 47.0 Å². The van der Waals surface area contributed by atoms with E-state index < -0.39 is 0 Å². The maximum atomic E-state index is 12.1. The maximum absolute atomic E-state index is 12.1. The van der Waals surface area contributed by atoms with E-state index in [1.54, 1.807) is 18.4 Å². The Labute approximate surface area is 202 Å². The SMILES string of the molecule is COc1ccc2nc(SCC(=O)NCC=CCOc3csc(CN4CCCCC4)c3)[nH]c2c1. The number of nitrogens with zero attached hydrogens (tertiary/aromatic N) is 2. The summed E-state index contributed by atoms with van der Waals surface area (Å²) in [4.78, 5) is 23.7. The van der Waals surface area contributed by atoms with Crippen molar-refractivity contribution in [3.63, 3.8) is 0 Å². The Hall–Kier alpha value is -2.49. The van der Waals surface area contributed by atoms with Crippen LogP contribution in [0.25, 0.3) is 11.0 Å². The van der Waals surface area contributed by atoms with Crippen molar-refractivity contribution in [3.8, 4) is 11.5 Å². The number of benzene rings is 1. The largest absolute Gasteiger partial charge is 0.497 e. The number of H-pyrrole nitrogens is 1. The van der Waals surface area contributed by atoms with Crippen LogP contribution in [-0.4, -0.2) is 59.9 Å². The summed E-state index contributed by atoms with van der Waals surface area (Å²) in [6.07, 6.45) is 7.83. The van der Waals surface area contributed by atoms with Crippen LogP contribution in [0.2, 0.25) is 0 Å². The monoisotopic (exact) mass is 486 g/mol. The van der Waals surface area contributed by atoms with E-state index in [2.05, 4.69) is 31.6 Å². The van der Waals surface area contributed by atoms with Crippen molar-refractivity contribution in [1.82, 2.24) is 20.2 Å². The summed E-state index contributed by atoms with van der Waals surface area (Å²) in [7, 11) is 1.63. The number of carbonyl (C=O) groups excluding carboxylic acids is 1. The van der Waals surface area contributed by atoms with Crippen molar-refractivity contribution >= 4 is 40.0 Å². The first-order chi connectivity index (χ1) is 16.2. The lowest BCUT2D eigenvalue weighted by atomic mass is 10.1. The molecule has 1 amide bonds. The van der Waals surface area contributed by atoms with E-state index in [1.165, 1.54) is 49.0 Å². The molecule has 3 aromatic rings. The number of methoxy groups -OCH3 is 1. The first kappa shape index (κ1) is 23.7. The van der Waals surface area contributed by atoms with Gasteiger partial charge in [0, 0.05) is 29.4 Å². The normalized spacial score (nSPS) is 14.7. The highest BCUT2D eigenvalue weighted by Gasteiger charge is 2.12. The Morgan fingerprint density at radius 1 is 1.24 bits per heavy atom. The van der Waals surface area contributed by atoms with Crippen molar-refractivity contribution in [2.75, 3.05) is 39.1 Å². The number of aromatic nitrogens is 2. The van der Waals surface area contributed by atoms with Gasteiger partial charge in [-0.25, -0.2) is 4.98 Å². The lowest BCUT2D eigenvalue weighted by Gasteiger charge is -2.25. The molecule has 1 fully saturated rings. The van der Waals surface area contributed by atoms with Gasteiger partial charge in [-0.05, 0) is 50.2 Å². The molecule has 2 N–H and O–H groups in total. The number of imidazole rings is 1. The molecule has 0 spiro atoms. The number of ether oxygens (including phenoxy) is 2. The minimum absolute atomic E-state index is 0.0382. The van der Waals surface area contributed by atoms with Crippen LogP contribution >= 0.6 is 23.1 Å². The summed E-state index contributed by atoms with van der Waals surface area (Å²) in [5.74, 6) is 1.95. The molecule has 0 saturated carbocycles. The quantitative estimate of drug-likeness (QED) is 0.308. The Kier molecular flexibility index (Phi) is 8.68. The molecule has 1 aliphatic rings. The van der Waals surface area contributed by atoms with Crippen LogP contribution in [0.1, 0.15) is 24.1 Å². The zero-order valence-corrected chi connectivity index (χ0v) is 20.5. The molecule has 3 heterocycles. The molecular weight excluding hydrogens is 456 g/mol. The standard InChI is InChI=1S/C24H30N4O3S2/c1-30-18-7-8-21-22(14-18)27-24(26-21)33-17-23(29)25-9-3-6-12-31-19-13-20(32-16-19)15-28-10-4-2-5-11-28/h3,6-8,13-14,16H,2,4-5,9-12,15,17H2,1H3,(H,25,29)(H,26,27). The number of hydrogen-bond acceptors (Lipinski definition) is 7. The predicted molar refractivity (Wildman–Crippen MR) is 134 cm³/mol. The lowest BCUT2D eigenvalue weighted by Crippen LogP contribution is -2.28. The van der Waals surface area contributed by atoms with Gasteiger partial charge < -0.3 is 19.8 Å². The van der Waals surface area contributed by atoms with Gasteiger partial charge in [0.25, 0.3) is 0 Å². The molecule has 0 radical (unpaired) electrons. The van der Waals surface area contributed by atoms with Crippen LogP contribution in [0.3, 0.4) is 0 Å². The fourth-order valence-corrected chi connectivity index (χ4v) is 5.23. The summed E-state index contributed by atoms with van der Waals surface area (Å²) in [5, 5.41) is 5.67. The third kappa shape index (κ3) is 7.25. The van der Waals surface area contributed by atoms with Crippen molar-refractivity contribution < 1.29 is 14.3 Å². The first-order valence-electron chi connectivity index (χ1n) is 11.2. The predicted octanol–water partition coefficient (Wildman–Crippen LogP) is 4.46. The van der Waals surface area contributed by atoms with Gasteiger partial charge in [-0.15, -0.1) is 11.3 Å². The molecule has 0 atom stereocenters. The fraction of sp³-hybridized carbons (Fsp3) is 0.417. The van der Waals surface area contributed by atoms with Crippen molar-refractivity contribution in [3.05, 3.63) is 46.7 Å². The number of piperidine rings is 1. The van der Waals surface area contributed by atoms with Gasteiger partial charge in [0.15, 0.2) is 5.16 Å². The van der Waals surface area contributed by atoms with Crippen molar-refractivity contribution in [2.24, 2.45) is 0 Å². The second-order valence-electron chi connectivity index (χ2n) is 7.89. The minimum Gasteiger partial charge on any atom is -0.497 e. The van der Waals surface area contributed by atoms with E-state index in [0.717, 1.165) is 29.1 Å². The highest BCUT2D eigenvalue weighted by atomic mass is 32.2. The number of nitrogens with one attached hydrogen (secondary N) is 2. The van der Waals surface area contributed by atoms with Gasteiger partial charge in [-0.2, -0.15) is 0 Å². The first-order valence-corrected chi connectivity index (χ1v) is 13.1. The van der Waals surface area contributed by atoms with Crippen LogP contribution in [0, 0.1) is 0 Å². The van der Waals surface area contributed by atoms with E-state index in [9.17, 15) is 4.79 Å². The minimum atomic E-state index is -0.0382. The molecule has 176 valence electrons. The number of thiophene rings is 1. The Morgan fingerprint density at radius 2 is 2.12 bits per heavy atom. The Bertz CT molecular complexity index is 1070. The zero-order valence-electron chi connectivity index (χ0n) is 18.8. The van der Waals surface area contributed by atoms with E-state index in [1.807, 2.05) is 30.4 Å². The van der Waals surface area contributed by atoms with Crippen LogP contribution in [-0.2, 0) is 11.3 Å². The molecule has 1 aliphatic heterocycles. The van der Waals surface area contributed by atoms with Gasteiger partial charge in [-0.3, -0.25) is 9.69 Å². The molecular formula is C24H30N4O3S2. The second kappa shape index (κ2) is 12.1. The molecule has 1 saturated heterocycles. The van der Waals surface area contributed by atoms with Gasteiger partial charge in [-0.1, -0.05) is 24.3 Å². The second-order valence-corrected chi connectivity index (χ2v) is 9.85. The average molecular weight is 487 g/mol.